The average Bonchev–Trinajstić information content (AvgIpc) is 2.76. The lowest BCUT2D eigenvalue weighted by Crippen LogP contribution is -2.51. The van der Waals surface area contributed by atoms with Gasteiger partial charge in [-0.2, -0.15) is 0 Å². The smallest absolute Gasteiger partial charge is 0.155 e. The highest BCUT2D eigenvalue weighted by Crippen LogP contribution is 2.29. The minimum Gasteiger partial charge on any atom is -0.305 e. The summed E-state index contributed by atoms with van der Waals surface area (Å²) in [6.07, 6.45) is 1.06. The molecule has 0 saturated heterocycles. The predicted molar refractivity (Wildman–Crippen MR) is 203 cm³/mol. The van der Waals surface area contributed by atoms with Gasteiger partial charge in [-0.1, -0.05) is 74.5 Å². The number of hydrogen-bond acceptors (Lipinski definition) is 8. The highest BCUT2D eigenvalue weighted by molar-refractivity contribution is 5.93. The molecule has 8 nitrogen and oxygen atoms in total. The van der Waals surface area contributed by atoms with E-state index < -0.39 is 10.8 Å². The van der Waals surface area contributed by atoms with Crippen molar-refractivity contribution in [3.8, 4) is 0 Å². The molecule has 0 aliphatic carbocycles. The molecule has 0 aromatic heterocycles. The summed E-state index contributed by atoms with van der Waals surface area (Å²) in [5, 5.41) is 9.92. The molecular weight excluding hydrogens is 602 g/mol. The zero-order valence-electron chi connectivity index (χ0n) is 35.1. The lowest BCUT2D eigenvalue weighted by atomic mass is 9.81. The number of carbonyl (C=O) groups excluding carboxylic acids is 5. The highest BCUT2D eigenvalue weighted by atomic mass is 16.1. The summed E-state index contributed by atoms with van der Waals surface area (Å²) in [6, 6.07) is -0.688. The van der Waals surface area contributed by atoms with Gasteiger partial charge in [-0.25, -0.2) is 0 Å². The molecule has 0 spiro atoms. The molecule has 0 aliphatic heterocycles. The van der Waals surface area contributed by atoms with Crippen molar-refractivity contribution in [3.63, 3.8) is 0 Å². The molecule has 0 amide bonds. The van der Waals surface area contributed by atoms with Gasteiger partial charge in [0.15, 0.2) is 11.6 Å². The molecule has 0 fully saturated rings. The standard InChI is InChI=1S/C14H27NO.2C13H25NO2/c1-10(16)9-12(15-14(6,7)8)11(2)13(3,4)5;2*1-9(15)8-10(14-13(5,6)7)11(16)12(2,3)4/h12,15H,2,9H2,1,3-8H3;2*10,14H,8H2,1-7H3. The fraction of sp³-hybridized carbons (Fsp3) is 0.825. The topological polar surface area (TPSA) is 121 Å². The van der Waals surface area contributed by atoms with Crippen molar-refractivity contribution in [1.29, 1.82) is 0 Å². The summed E-state index contributed by atoms with van der Waals surface area (Å²) in [5.41, 5.74) is -0.0523. The van der Waals surface area contributed by atoms with E-state index in [1.165, 1.54) is 13.8 Å². The maximum atomic E-state index is 12.2. The van der Waals surface area contributed by atoms with Crippen LogP contribution in [0, 0.1) is 16.2 Å². The number of carbonyl (C=O) groups is 5. The van der Waals surface area contributed by atoms with Crippen LogP contribution >= 0.6 is 0 Å². The van der Waals surface area contributed by atoms with Gasteiger partial charge in [0.2, 0.25) is 0 Å². The molecule has 3 N–H and O–H groups in total. The van der Waals surface area contributed by atoms with E-state index in [9.17, 15) is 24.0 Å². The lowest BCUT2D eigenvalue weighted by Gasteiger charge is -2.35. The molecule has 0 aromatic rings. The molecule has 0 aromatic carbocycles. The summed E-state index contributed by atoms with van der Waals surface area (Å²) in [6.45, 7) is 44.8. The third kappa shape index (κ3) is 26.9. The van der Waals surface area contributed by atoms with Crippen LogP contribution in [0.3, 0.4) is 0 Å². The van der Waals surface area contributed by atoms with Crippen LogP contribution in [0.25, 0.3) is 0 Å². The van der Waals surface area contributed by atoms with Crippen molar-refractivity contribution >= 4 is 28.9 Å². The van der Waals surface area contributed by atoms with Crippen molar-refractivity contribution in [1.82, 2.24) is 16.0 Å². The predicted octanol–water partition coefficient (Wildman–Crippen LogP) is 8.00. The van der Waals surface area contributed by atoms with Crippen molar-refractivity contribution in [2.24, 2.45) is 16.2 Å². The first-order valence-electron chi connectivity index (χ1n) is 17.4. The Balaban J connectivity index is -0.000000633. The largest absolute Gasteiger partial charge is 0.305 e. The molecule has 0 aliphatic rings. The van der Waals surface area contributed by atoms with E-state index in [-0.39, 0.29) is 81.9 Å². The molecule has 3 atom stereocenters. The van der Waals surface area contributed by atoms with E-state index in [1.807, 2.05) is 83.1 Å². The third-order valence-corrected chi connectivity index (χ3v) is 6.79. The van der Waals surface area contributed by atoms with Gasteiger partial charge in [0.05, 0.1) is 12.1 Å². The van der Waals surface area contributed by atoms with Crippen molar-refractivity contribution < 1.29 is 24.0 Å². The van der Waals surface area contributed by atoms with E-state index >= 15 is 0 Å². The van der Waals surface area contributed by atoms with Crippen molar-refractivity contribution in [2.75, 3.05) is 0 Å². The Morgan fingerprint density at radius 3 is 0.792 bits per heavy atom. The molecule has 3 unspecified atom stereocenters. The molecule has 282 valence electrons. The van der Waals surface area contributed by atoms with Gasteiger partial charge in [0, 0.05) is 52.8 Å². The Morgan fingerprint density at radius 1 is 0.417 bits per heavy atom. The van der Waals surface area contributed by atoms with Crippen LogP contribution in [0.2, 0.25) is 0 Å². The van der Waals surface area contributed by atoms with E-state index in [1.54, 1.807) is 6.92 Å². The quantitative estimate of drug-likeness (QED) is 0.178. The number of nitrogens with one attached hydrogen (secondary N) is 3. The van der Waals surface area contributed by atoms with Crippen LogP contribution in [0.15, 0.2) is 12.2 Å². The normalized spacial score (nSPS) is 14.7. The highest BCUT2D eigenvalue weighted by Gasteiger charge is 2.34. The van der Waals surface area contributed by atoms with Gasteiger partial charge in [-0.15, -0.1) is 0 Å². The average molecular weight is 680 g/mol. The Kier molecular flexibility index (Phi) is 20.3. The fourth-order valence-corrected chi connectivity index (χ4v) is 4.68. The molecular formula is C40H77N3O5. The summed E-state index contributed by atoms with van der Waals surface area (Å²) in [7, 11) is 0. The van der Waals surface area contributed by atoms with Gasteiger partial charge >= 0.3 is 0 Å². The van der Waals surface area contributed by atoms with Gasteiger partial charge in [-0.3, -0.25) is 24.0 Å². The van der Waals surface area contributed by atoms with Gasteiger partial charge in [0.1, 0.15) is 17.3 Å². The monoisotopic (exact) mass is 680 g/mol. The molecule has 0 heterocycles. The first-order valence-corrected chi connectivity index (χ1v) is 17.4. The van der Waals surface area contributed by atoms with Crippen LogP contribution in [0.4, 0.5) is 0 Å². The SMILES string of the molecule is C=C(C(CC(C)=O)NC(C)(C)C)C(C)(C)C.CC(=O)CC(NC(C)(C)C)C(=O)C(C)(C)C.CC(=O)CC(NC(C)(C)C)C(=O)C(C)(C)C. The van der Waals surface area contributed by atoms with Gasteiger partial charge in [0.25, 0.3) is 0 Å². The molecule has 8 heteroatoms. The maximum absolute atomic E-state index is 12.2. The zero-order chi connectivity index (χ0) is 39.4. The second-order valence-corrected chi connectivity index (χ2v) is 19.6. The summed E-state index contributed by atoms with van der Waals surface area (Å²) >= 11 is 0. The Bertz CT molecular complexity index is 941. The number of ketones is 5. The molecule has 0 rings (SSSR count). The minimum absolute atomic E-state index is 0.00565. The number of Topliss-reactive ketones (excluding diaryl/α,β-unsaturated/α-hetero) is 5. The Labute approximate surface area is 296 Å². The van der Waals surface area contributed by atoms with Crippen LogP contribution < -0.4 is 16.0 Å². The second-order valence-electron chi connectivity index (χ2n) is 19.6. The van der Waals surface area contributed by atoms with Crippen LogP contribution in [-0.4, -0.2) is 63.7 Å². The number of hydrogen-bond donors (Lipinski definition) is 3. The lowest BCUT2D eigenvalue weighted by molar-refractivity contribution is -0.131. The van der Waals surface area contributed by atoms with Gasteiger partial charge in [-0.05, 0) is 88.5 Å². The van der Waals surface area contributed by atoms with E-state index in [4.69, 9.17) is 0 Å². The minimum atomic E-state index is -0.418. The van der Waals surface area contributed by atoms with E-state index in [2.05, 4.69) is 64.1 Å². The summed E-state index contributed by atoms with van der Waals surface area (Å²) in [5.74, 6) is 0.473. The second kappa shape index (κ2) is 19.4. The Morgan fingerprint density at radius 2 is 0.625 bits per heavy atom. The Hall–Kier alpha value is -2.03. The van der Waals surface area contributed by atoms with E-state index in [0.29, 0.717) is 6.42 Å². The molecule has 0 saturated carbocycles. The summed E-state index contributed by atoms with van der Waals surface area (Å²) < 4.78 is 0. The first kappa shape index (κ1) is 50.3. The van der Waals surface area contributed by atoms with E-state index in [0.717, 1.165) is 5.57 Å². The number of rotatable bonds is 12. The molecule has 0 bridgehead atoms. The third-order valence-electron chi connectivity index (χ3n) is 6.79. The zero-order valence-corrected chi connectivity index (χ0v) is 35.1. The fourth-order valence-electron chi connectivity index (χ4n) is 4.68. The summed E-state index contributed by atoms with van der Waals surface area (Å²) in [4.78, 5) is 58.0. The maximum Gasteiger partial charge on any atom is 0.155 e. The van der Waals surface area contributed by atoms with Crippen LogP contribution in [0.1, 0.15) is 165 Å². The van der Waals surface area contributed by atoms with Crippen LogP contribution in [-0.2, 0) is 24.0 Å². The van der Waals surface area contributed by atoms with Crippen molar-refractivity contribution in [3.05, 3.63) is 12.2 Å². The first-order chi connectivity index (χ1) is 20.8. The van der Waals surface area contributed by atoms with Crippen molar-refractivity contribution in [2.45, 2.75) is 199 Å². The molecule has 0 radical (unpaired) electrons. The molecule has 48 heavy (non-hydrogen) atoms. The van der Waals surface area contributed by atoms with Crippen LogP contribution in [0.5, 0.6) is 0 Å². The van der Waals surface area contributed by atoms with Gasteiger partial charge < -0.3 is 16.0 Å².